The summed E-state index contributed by atoms with van der Waals surface area (Å²) in [5.74, 6) is -1.31. The van der Waals surface area contributed by atoms with Crippen molar-refractivity contribution in [1.29, 1.82) is 0 Å². The number of rotatable bonds is 4. The zero-order chi connectivity index (χ0) is 19.9. The van der Waals surface area contributed by atoms with Crippen molar-refractivity contribution >= 4 is 22.8 Å². The number of aliphatic hydroxyl groups excluding tert-OH is 1. The van der Waals surface area contributed by atoms with Gasteiger partial charge in [0.15, 0.2) is 16.6 Å². The third-order valence-electron chi connectivity index (χ3n) is 3.42. The Kier molecular flexibility index (Phi) is 8.85. The zero-order valence-corrected chi connectivity index (χ0v) is 16.9. The van der Waals surface area contributed by atoms with Crippen LogP contribution in [0.1, 0.15) is 54.2 Å². The molecule has 3 atom stereocenters. The Balaban J connectivity index is 0.000000791. The lowest BCUT2D eigenvalue weighted by Crippen LogP contribution is -2.36. The first-order valence-corrected chi connectivity index (χ1v) is 9.26. The van der Waals surface area contributed by atoms with Crippen molar-refractivity contribution in [2.75, 3.05) is 6.61 Å². The van der Waals surface area contributed by atoms with Crippen LogP contribution in [-0.2, 0) is 9.47 Å². The summed E-state index contributed by atoms with van der Waals surface area (Å²) in [6.45, 7) is 10.9. The Morgan fingerprint density at radius 2 is 1.92 bits per heavy atom. The van der Waals surface area contributed by atoms with Crippen LogP contribution < -0.4 is 0 Å². The minimum atomic E-state index is -1.31. The molecule has 0 radical (unpaired) electrons. The van der Waals surface area contributed by atoms with Crippen molar-refractivity contribution in [2.45, 2.75) is 72.2 Å². The van der Waals surface area contributed by atoms with Crippen LogP contribution >= 0.6 is 11.6 Å². The molecule has 2 N–H and O–H groups in total. The third-order valence-corrected chi connectivity index (χ3v) is 3.70. The van der Waals surface area contributed by atoms with Gasteiger partial charge < -0.3 is 19.7 Å². The molecule has 0 amide bonds. The molecular weight excluding hydrogens is 360 g/mol. The number of fused-ring (bicyclic) bond motifs is 1. The van der Waals surface area contributed by atoms with Gasteiger partial charge in [0, 0.05) is 6.42 Å². The van der Waals surface area contributed by atoms with E-state index < -0.39 is 24.2 Å². The first-order valence-electron chi connectivity index (χ1n) is 8.88. The van der Waals surface area contributed by atoms with Crippen molar-refractivity contribution in [3.05, 3.63) is 17.8 Å². The number of aromatic nitrogens is 4. The lowest BCUT2D eigenvalue weighted by Gasteiger charge is -2.25. The van der Waals surface area contributed by atoms with E-state index in [4.69, 9.17) is 21.1 Å². The highest BCUT2D eigenvalue weighted by atomic mass is 35.5. The SMILES string of the molecule is CC.CC.CC(C)(O)O[C@H]1CC(n2cnc3c(Cl)ncnc32)O[C@@H]1CO. The summed E-state index contributed by atoms with van der Waals surface area (Å²) in [5.41, 5.74) is 1.03. The monoisotopic (exact) mass is 388 g/mol. The van der Waals surface area contributed by atoms with Crippen LogP contribution in [0, 0.1) is 0 Å². The summed E-state index contributed by atoms with van der Waals surface area (Å²) in [6.07, 6.45) is 1.97. The van der Waals surface area contributed by atoms with Gasteiger partial charge in [0.2, 0.25) is 0 Å². The summed E-state index contributed by atoms with van der Waals surface area (Å²) in [5, 5.41) is 19.5. The summed E-state index contributed by atoms with van der Waals surface area (Å²) in [7, 11) is 0. The summed E-state index contributed by atoms with van der Waals surface area (Å²) in [6, 6.07) is 0. The van der Waals surface area contributed by atoms with E-state index >= 15 is 0 Å². The Morgan fingerprint density at radius 1 is 1.27 bits per heavy atom. The molecule has 3 heterocycles. The van der Waals surface area contributed by atoms with E-state index in [-0.39, 0.29) is 11.8 Å². The number of hydrogen-bond acceptors (Lipinski definition) is 7. The fraction of sp³-hybridized carbons (Fsp3) is 0.706. The van der Waals surface area contributed by atoms with E-state index in [1.807, 2.05) is 27.7 Å². The Bertz CT molecular complexity index is 674. The highest BCUT2D eigenvalue weighted by Crippen LogP contribution is 2.34. The molecule has 2 aromatic rings. The molecular formula is C17H29ClN4O4. The average molecular weight is 389 g/mol. The topological polar surface area (TPSA) is 103 Å². The lowest BCUT2D eigenvalue weighted by molar-refractivity contribution is -0.216. The number of ether oxygens (including phenoxy) is 2. The van der Waals surface area contributed by atoms with Crippen LogP contribution in [0.2, 0.25) is 5.15 Å². The van der Waals surface area contributed by atoms with E-state index in [0.29, 0.717) is 17.6 Å². The number of nitrogens with zero attached hydrogens (tertiary/aromatic N) is 4. The highest BCUT2D eigenvalue weighted by molar-refractivity contribution is 6.33. The van der Waals surface area contributed by atoms with Gasteiger partial charge in [-0.25, -0.2) is 15.0 Å². The normalized spacial score (nSPS) is 22.4. The molecule has 1 unspecified atom stereocenters. The maximum absolute atomic E-state index is 9.80. The molecule has 1 saturated heterocycles. The molecule has 8 nitrogen and oxygen atoms in total. The predicted molar refractivity (Wildman–Crippen MR) is 99.8 cm³/mol. The quantitative estimate of drug-likeness (QED) is 0.613. The molecule has 0 spiro atoms. The van der Waals surface area contributed by atoms with Crippen molar-refractivity contribution < 1.29 is 19.7 Å². The second-order valence-corrected chi connectivity index (χ2v) is 6.00. The number of aliphatic hydroxyl groups is 2. The van der Waals surface area contributed by atoms with Gasteiger partial charge in [-0.05, 0) is 13.8 Å². The van der Waals surface area contributed by atoms with E-state index in [2.05, 4.69) is 15.0 Å². The van der Waals surface area contributed by atoms with Crippen LogP contribution in [-0.4, -0.2) is 54.3 Å². The van der Waals surface area contributed by atoms with Crippen molar-refractivity contribution in [3.63, 3.8) is 0 Å². The Labute approximate surface area is 159 Å². The minimum absolute atomic E-state index is 0.209. The van der Waals surface area contributed by atoms with E-state index in [1.54, 1.807) is 10.9 Å². The standard InChI is InChI=1S/C13H17ClN4O4.2C2H6/c1-13(2,20)22-7-3-9(21-8(7)4-19)18-6-17-10-11(14)15-5-16-12(10)18;2*1-2/h5-9,19-20H,3-4H2,1-2H3;2*1-2H3/t7-,8+,9?;;/m0../s1. The van der Waals surface area contributed by atoms with Crippen LogP contribution in [0.3, 0.4) is 0 Å². The first-order chi connectivity index (χ1) is 12.4. The molecule has 1 aliphatic rings. The van der Waals surface area contributed by atoms with E-state index in [0.717, 1.165) is 0 Å². The highest BCUT2D eigenvalue weighted by Gasteiger charge is 2.39. The molecule has 0 aliphatic carbocycles. The van der Waals surface area contributed by atoms with Crippen LogP contribution in [0.15, 0.2) is 12.7 Å². The third kappa shape index (κ3) is 5.34. The van der Waals surface area contributed by atoms with Crippen LogP contribution in [0.5, 0.6) is 0 Å². The Hall–Kier alpha value is -1.32. The maximum Gasteiger partial charge on any atom is 0.166 e. The van der Waals surface area contributed by atoms with Crippen LogP contribution in [0.4, 0.5) is 0 Å². The van der Waals surface area contributed by atoms with Crippen molar-refractivity contribution in [1.82, 2.24) is 19.5 Å². The number of halogens is 1. The molecule has 0 saturated carbocycles. The second-order valence-electron chi connectivity index (χ2n) is 5.64. The van der Waals surface area contributed by atoms with Crippen molar-refractivity contribution in [2.24, 2.45) is 0 Å². The second kappa shape index (κ2) is 10.1. The van der Waals surface area contributed by atoms with Gasteiger partial charge in [0.25, 0.3) is 0 Å². The lowest BCUT2D eigenvalue weighted by atomic mass is 10.1. The number of hydrogen-bond donors (Lipinski definition) is 2. The van der Waals surface area contributed by atoms with Gasteiger partial charge in [0.1, 0.15) is 24.2 Å². The average Bonchev–Trinajstić information content (AvgIpc) is 3.21. The molecule has 26 heavy (non-hydrogen) atoms. The summed E-state index contributed by atoms with van der Waals surface area (Å²) in [4.78, 5) is 12.2. The summed E-state index contributed by atoms with van der Waals surface area (Å²) < 4.78 is 13.1. The van der Waals surface area contributed by atoms with Gasteiger partial charge in [-0.2, -0.15) is 0 Å². The smallest absolute Gasteiger partial charge is 0.166 e. The molecule has 2 aromatic heterocycles. The zero-order valence-electron chi connectivity index (χ0n) is 16.2. The molecule has 1 aliphatic heterocycles. The van der Waals surface area contributed by atoms with Gasteiger partial charge in [-0.3, -0.25) is 4.57 Å². The van der Waals surface area contributed by atoms with Crippen molar-refractivity contribution in [3.8, 4) is 0 Å². The minimum Gasteiger partial charge on any atom is -0.394 e. The fourth-order valence-electron chi connectivity index (χ4n) is 2.56. The van der Waals surface area contributed by atoms with Gasteiger partial charge in [-0.15, -0.1) is 0 Å². The van der Waals surface area contributed by atoms with E-state index in [1.165, 1.54) is 20.2 Å². The largest absolute Gasteiger partial charge is 0.394 e. The fourth-order valence-corrected chi connectivity index (χ4v) is 2.74. The summed E-state index contributed by atoms with van der Waals surface area (Å²) >= 11 is 5.98. The Morgan fingerprint density at radius 3 is 2.50 bits per heavy atom. The molecule has 0 aromatic carbocycles. The maximum atomic E-state index is 9.80. The molecule has 3 rings (SSSR count). The van der Waals surface area contributed by atoms with Crippen LogP contribution in [0.25, 0.3) is 11.2 Å². The molecule has 9 heteroatoms. The molecule has 0 bridgehead atoms. The van der Waals surface area contributed by atoms with E-state index in [9.17, 15) is 10.2 Å². The number of imidazole rings is 1. The molecule has 1 fully saturated rings. The first kappa shape index (κ1) is 22.7. The van der Waals surface area contributed by atoms with Gasteiger partial charge in [0.05, 0.1) is 19.0 Å². The molecule has 148 valence electrons. The van der Waals surface area contributed by atoms with Gasteiger partial charge in [-0.1, -0.05) is 39.3 Å². The van der Waals surface area contributed by atoms with Gasteiger partial charge >= 0.3 is 0 Å². The predicted octanol–water partition coefficient (Wildman–Crippen LogP) is 2.93.